The standard InChI is InChI=1S/C54H93N3O16P2/c1-44(2)35-31-27-23-19-15-11-7-4-5-9-13-17-21-25-29-33-37-49(59)68-41-46(71-50(60)38-34-30-26-22-18-14-10-6-8-12-16-20-24-28-32-36-45(3)58)42-69-74(64,65)73-75(66,67)70-43-47-51(61)52(62)53(72-47)57-40-39-48(55)56-54(57)63/h8,10,12,14,20,22,24,26,39-40,44-47,51-53,58,61-62H,4-7,9,11,13,15-19,21,23,25,27-38,41-43H2,1-3H3,(H,64,65)(H,66,67)(H2,55,56,63)/b12-8-,14-10-,24-20-,26-22-/t45-,46+,47+,51+,52+,53+/m0/s1. The molecular weight excluding hydrogens is 1010 g/mol. The average molecular weight is 1100 g/mol. The van der Waals surface area contributed by atoms with Crippen LogP contribution in [0.5, 0.6) is 0 Å². The molecule has 1 aromatic rings. The number of ether oxygens (including phenoxy) is 3. The van der Waals surface area contributed by atoms with Crippen molar-refractivity contribution < 1.29 is 71.4 Å². The largest absolute Gasteiger partial charge is 0.481 e. The van der Waals surface area contributed by atoms with Gasteiger partial charge in [0.2, 0.25) is 0 Å². The number of aromatic nitrogens is 2. The lowest BCUT2D eigenvalue weighted by atomic mass is 10.0. The Morgan fingerprint density at radius 2 is 1.17 bits per heavy atom. The molecule has 430 valence electrons. The number of hydrogen-bond donors (Lipinski definition) is 6. The lowest BCUT2D eigenvalue weighted by Gasteiger charge is -2.21. The molecule has 8 atom stereocenters. The molecule has 2 rings (SSSR count). The molecule has 1 aromatic heterocycles. The van der Waals surface area contributed by atoms with Crippen LogP contribution in [0, 0.1) is 5.92 Å². The summed E-state index contributed by atoms with van der Waals surface area (Å²) in [5, 5.41) is 30.3. The van der Waals surface area contributed by atoms with Crippen molar-refractivity contribution in [2.24, 2.45) is 5.92 Å². The van der Waals surface area contributed by atoms with Gasteiger partial charge in [0, 0.05) is 19.0 Å². The molecule has 0 saturated carbocycles. The first kappa shape index (κ1) is 67.8. The topological polar surface area (TPSA) is 286 Å². The van der Waals surface area contributed by atoms with Gasteiger partial charge < -0.3 is 45.1 Å². The maximum Gasteiger partial charge on any atom is 0.481 e. The van der Waals surface area contributed by atoms with Gasteiger partial charge in [0.25, 0.3) is 0 Å². The van der Waals surface area contributed by atoms with Crippen LogP contribution in [-0.4, -0.2) is 96.9 Å². The number of nitrogen functional groups attached to an aromatic ring is 1. The summed E-state index contributed by atoms with van der Waals surface area (Å²) in [7, 11) is -10.9. The molecule has 7 N–H and O–H groups in total. The number of carbonyl (C=O) groups excluding carboxylic acids is 2. The molecule has 2 unspecified atom stereocenters. The van der Waals surface area contributed by atoms with Gasteiger partial charge in [-0.1, -0.05) is 165 Å². The second-order valence-corrected chi connectivity index (χ2v) is 22.9. The van der Waals surface area contributed by atoms with Crippen molar-refractivity contribution in [2.75, 3.05) is 25.6 Å². The number of esters is 2. The number of unbranched alkanes of at least 4 members (excludes halogenated alkanes) is 17. The van der Waals surface area contributed by atoms with E-state index in [0.29, 0.717) is 25.7 Å². The van der Waals surface area contributed by atoms with Gasteiger partial charge in [0.05, 0.1) is 19.3 Å². The highest BCUT2D eigenvalue weighted by Gasteiger charge is 2.46. The van der Waals surface area contributed by atoms with E-state index in [4.69, 9.17) is 29.0 Å². The lowest BCUT2D eigenvalue weighted by Crippen LogP contribution is -2.36. The molecule has 2 heterocycles. The fourth-order valence-corrected chi connectivity index (χ4v) is 10.2. The Morgan fingerprint density at radius 3 is 1.71 bits per heavy atom. The van der Waals surface area contributed by atoms with Crippen molar-refractivity contribution in [2.45, 2.75) is 231 Å². The number of phosphoric ester groups is 2. The summed E-state index contributed by atoms with van der Waals surface area (Å²) in [6.45, 7) is 4.01. The summed E-state index contributed by atoms with van der Waals surface area (Å²) in [5.41, 5.74) is 4.59. The van der Waals surface area contributed by atoms with E-state index in [1.807, 2.05) is 18.2 Å². The molecule has 19 nitrogen and oxygen atoms in total. The monoisotopic (exact) mass is 1100 g/mol. The number of aliphatic hydroxyl groups is 3. The van der Waals surface area contributed by atoms with Gasteiger partial charge in [0.15, 0.2) is 12.3 Å². The summed E-state index contributed by atoms with van der Waals surface area (Å²) >= 11 is 0. The summed E-state index contributed by atoms with van der Waals surface area (Å²) in [6, 6.07) is 1.24. The summed E-state index contributed by atoms with van der Waals surface area (Å²) in [6.07, 6.45) is 36.1. The zero-order valence-electron chi connectivity index (χ0n) is 45.1. The lowest BCUT2D eigenvalue weighted by molar-refractivity contribution is -0.161. The molecule has 0 amide bonds. The molecule has 1 fully saturated rings. The van der Waals surface area contributed by atoms with Crippen LogP contribution in [0.3, 0.4) is 0 Å². The first-order chi connectivity index (χ1) is 35.9. The smallest absolute Gasteiger partial charge is 0.462 e. The van der Waals surface area contributed by atoms with Crippen molar-refractivity contribution in [1.29, 1.82) is 0 Å². The fourth-order valence-electron chi connectivity index (χ4n) is 8.10. The van der Waals surface area contributed by atoms with Crippen LogP contribution in [0.15, 0.2) is 65.7 Å². The van der Waals surface area contributed by atoms with E-state index in [2.05, 4.69) is 53.5 Å². The molecule has 0 spiro atoms. The number of rotatable bonds is 45. The minimum Gasteiger partial charge on any atom is -0.462 e. The Morgan fingerprint density at radius 1 is 0.680 bits per heavy atom. The number of hydrogen-bond acceptors (Lipinski definition) is 16. The highest BCUT2D eigenvalue weighted by atomic mass is 31.3. The molecule has 21 heteroatoms. The molecule has 0 aromatic carbocycles. The number of allylic oxidation sites excluding steroid dienone is 8. The van der Waals surface area contributed by atoms with E-state index < -0.39 is 83.7 Å². The summed E-state index contributed by atoms with van der Waals surface area (Å²) in [5.74, 6) is -0.570. The van der Waals surface area contributed by atoms with Crippen LogP contribution in [0.1, 0.15) is 200 Å². The van der Waals surface area contributed by atoms with Gasteiger partial charge in [-0.3, -0.25) is 23.2 Å². The normalized spacial score (nSPS) is 19.6. The van der Waals surface area contributed by atoms with E-state index >= 15 is 0 Å². The third kappa shape index (κ3) is 34.9. The number of aliphatic hydroxyl groups excluding tert-OH is 3. The van der Waals surface area contributed by atoms with Gasteiger partial charge in [0.1, 0.15) is 30.7 Å². The first-order valence-electron chi connectivity index (χ1n) is 27.5. The SMILES string of the molecule is CC(C)CCCCCCCCCCCCCCCCCCC(=O)OC[C@H](COP(=O)(O)OP(=O)(O)OC[C@H]1O[C@@H](n2ccc(N)nc2=O)[C@H](O)[C@@H]1O)OC(=O)CCC/C=C\C/C=C\C/C=C\C/C=C\CCC[C@H](C)O. The number of nitrogens with zero attached hydrogens (tertiary/aromatic N) is 2. The van der Waals surface area contributed by atoms with E-state index in [9.17, 15) is 48.6 Å². The molecule has 0 aliphatic carbocycles. The van der Waals surface area contributed by atoms with Crippen molar-refractivity contribution in [3.05, 3.63) is 71.4 Å². The highest BCUT2D eigenvalue weighted by Crippen LogP contribution is 2.60. The third-order valence-electron chi connectivity index (χ3n) is 12.4. The quantitative estimate of drug-likeness (QED) is 0.0153. The van der Waals surface area contributed by atoms with E-state index in [1.54, 1.807) is 6.92 Å². The molecule has 1 aliphatic heterocycles. The van der Waals surface area contributed by atoms with Crippen LogP contribution < -0.4 is 11.4 Å². The van der Waals surface area contributed by atoms with Gasteiger partial charge in [-0.25, -0.2) is 13.9 Å². The highest BCUT2D eigenvalue weighted by molar-refractivity contribution is 7.61. The third-order valence-corrected chi connectivity index (χ3v) is 15.0. The molecule has 75 heavy (non-hydrogen) atoms. The summed E-state index contributed by atoms with van der Waals surface area (Å²) < 4.78 is 56.8. The van der Waals surface area contributed by atoms with Crippen LogP contribution in [-0.2, 0) is 46.3 Å². The number of phosphoric acid groups is 2. The average Bonchev–Trinajstić information content (AvgIpc) is 3.62. The first-order valence-corrected chi connectivity index (χ1v) is 30.5. The van der Waals surface area contributed by atoms with Crippen molar-refractivity contribution >= 4 is 33.4 Å². The van der Waals surface area contributed by atoms with E-state index in [-0.39, 0.29) is 24.8 Å². The van der Waals surface area contributed by atoms with Crippen molar-refractivity contribution in [1.82, 2.24) is 9.55 Å². The van der Waals surface area contributed by atoms with Crippen molar-refractivity contribution in [3.8, 4) is 0 Å². The van der Waals surface area contributed by atoms with Crippen LogP contribution in [0.2, 0.25) is 0 Å². The molecule has 0 radical (unpaired) electrons. The molecule has 1 aliphatic rings. The van der Waals surface area contributed by atoms with Gasteiger partial charge in [-0.15, -0.1) is 0 Å². The zero-order chi connectivity index (χ0) is 55.2. The Bertz CT molecular complexity index is 1980. The second-order valence-electron chi connectivity index (χ2n) is 19.8. The van der Waals surface area contributed by atoms with Gasteiger partial charge in [-0.2, -0.15) is 9.29 Å². The second kappa shape index (κ2) is 40.8. The van der Waals surface area contributed by atoms with E-state index in [1.165, 1.54) is 83.1 Å². The molecule has 1 saturated heterocycles. The maximum atomic E-state index is 12.9. The van der Waals surface area contributed by atoms with Crippen LogP contribution >= 0.6 is 15.6 Å². The predicted octanol–water partition coefficient (Wildman–Crippen LogP) is 10.9. The van der Waals surface area contributed by atoms with Crippen LogP contribution in [0.25, 0.3) is 0 Å². The Balaban J connectivity index is 1.79. The molecule has 0 bridgehead atoms. The number of carbonyl (C=O) groups is 2. The molecular formula is C54H93N3O16P2. The Labute approximate surface area is 446 Å². The number of nitrogens with two attached hydrogens (primary N) is 1. The minimum absolute atomic E-state index is 0.0373. The van der Waals surface area contributed by atoms with Gasteiger partial charge >= 0.3 is 33.3 Å². The summed E-state index contributed by atoms with van der Waals surface area (Å²) in [4.78, 5) is 62.0. The van der Waals surface area contributed by atoms with Crippen LogP contribution in [0.4, 0.5) is 5.82 Å². The Hall–Kier alpha value is -3.32. The van der Waals surface area contributed by atoms with E-state index in [0.717, 1.165) is 74.5 Å². The van der Waals surface area contributed by atoms with Crippen molar-refractivity contribution in [3.63, 3.8) is 0 Å². The van der Waals surface area contributed by atoms with Gasteiger partial charge in [-0.05, 0) is 76.7 Å². The fraction of sp³-hybridized carbons (Fsp3) is 0.741. The Kier molecular flexibility index (Phi) is 36.9. The minimum atomic E-state index is -5.44. The predicted molar refractivity (Wildman–Crippen MR) is 290 cm³/mol. The number of anilines is 1. The maximum absolute atomic E-state index is 12.9. The zero-order valence-corrected chi connectivity index (χ0v) is 46.9.